The maximum Gasteiger partial charge on any atom is 0.0559 e. The van der Waals surface area contributed by atoms with Crippen LogP contribution in [0.5, 0.6) is 0 Å². The average Bonchev–Trinajstić information content (AvgIpc) is 3.25. The van der Waals surface area contributed by atoms with Gasteiger partial charge in [-0.3, -0.25) is 0 Å². The van der Waals surface area contributed by atoms with Crippen LogP contribution in [-0.4, -0.2) is 10.6 Å². The summed E-state index contributed by atoms with van der Waals surface area (Å²) in [4.78, 5) is 2.58. The number of nitrogens with zero attached hydrogens (tertiary/aromatic N) is 2. The normalized spacial score (nSPS) is 26.6. The van der Waals surface area contributed by atoms with Gasteiger partial charge in [0.2, 0.25) is 0 Å². The van der Waals surface area contributed by atoms with Gasteiger partial charge in [0.05, 0.1) is 12.1 Å². The monoisotopic (exact) mass is 560 g/mol. The van der Waals surface area contributed by atoms with Crippen LogP contribution < -0.4 is 4.90 Å². The van der Waals surface area contributed by atoms with E-state index in [2.05, 4.69) is 164 Å². The molecule has 0 amide bonds. The van der Waals surface area contributed by atoms with Crippen molar-refractivity contribution in [1.82, 2.24) is 4.57 Å². The fourth-order valence-electron chi connectivity index (χ4n) is 8.57. The lowest BCUT2D eigenvalue weighted by Crippen LogP contribution is -2.34. The minimum Gasteiger partial charge on any atom is -0.334 e. The number of para-hydroxylation sites is 1. The Morgan fingerprint density at radius 2 is 1.47 bits per heavy atom. The molecule has 4 aromatic rings. The SMILES string of the molecule is CC1(C)c2ccc(N(c3ccc4c(c3)c3ccccc3n4C3C=CC=CCC3)C3C=CC=CC3)cc2C2(C)C=CC=CC12. The quantitative estimate of drug-likeness (QED) is 0.241. The number of anilines is 2. The van der Waals surface area contributed by atoms with Crippen LogP contribution in [0.25, 0.3) is 21.8 Å². The standard InChI is InChI=1S/C41H40N2/c1-40(2)35-24-22-32(28-36(35)41(3)26-14-13-21-39(40)41)42(29-15-9-6-10-16-29)31-23-25-38-34(27-31)33-19-11-12-20-37(33)43(38)30-17-7-4-5-8-18-30/h4-7,9-15,17,19-30,39H,8,16,18H2,1-3H3. The highest BCUT2D eigenvalue weighted by Crippen LogP contribution is 2.57. The highest BCUT2D eigenvalue weighted by Gasteiger charge is 2.51. The molecule has 1 aromatic heterocycles. The molecule has 2 heteroatoms. The van der Waals surface area contributed by atoms with Crippen LogP contribution in [0.4, 0.5) is 11.4 Å². The molecule has 2 nitrogen and oxygen atoms in total. The summed E-state index contributed by atoms with van der Waals surface area (Å²) >= 11 is 0. The Morgan fingerprint density at radius 1 is 0.698 bits per heavy atom. The van der Waals surface area contributed by atoms with Crippen LogP contribution in [0.3, 0.4) is 0 Å². The van der Waals surface area contributed by atoms with Gasteiger partial charge in [-0.05, 0) is 78.1 Å². The van der Waals surface area contributed by atoms with E-state index in [4.69, 9.17) is 0 Å². The first-order chi connectivity index (χ1) is 21.0. The molecule has 0 bridgehead atoms. The molecule has 4 aliphatic carbocycles. The van der Waals surface area contributed by atoms with Crippen LogP contribution in [-0.2, 0) is 10.8 Å². The van der Waals surface area contributed by atoms with Crippen molar-refractivity contribution in [3.63, 3.8) is 0 Å². The number of hydrogen-bond acceptors (Lipinski definition) is 1. The molecule has 0 fully saturated rings. The summed E-state index contributed by atoms with van der Waals surface area (Å²) < 4.78 is 2.56. The Balaban J connectivity index is 1.30. The van der Waals surface area contributed by atoms with Crippen molar-refractivity contribution < 1.29 is 0 Å². The lowest BCUT2D eigenvalue weighted by atomic mass is 9.67. The van der Waals surface area contributed by atoms with E-state index in [9.17, 15) is 0 Å². The molecular weight excluding hydrogens is 520 g/mol. The van der Waals surface area contributed by atoms with Gasteiger partial charge in [-0.25, -0.2) is 0 Å². The zero-order chi connectivity index (χ0) is 29.2. The van der Waals surface area contributed by atoms with Crippen LogP contribution in [0, 0.1) is 5.92 Å². The molecule has 0 spiro atoms. The van der Waals surface area contributed by atoms with Crippen molar-refractivity contribution in [2.45, 2.75) is 62.9 Å². The Hall–Kier alpha value is -4.30. The minimum absolute atomic E-state index is 0.00394. The number of allylic oxidation sites excluding steroid dienone is 10. The Kier molecular flexibility index (Phi) is 6.05. The van der Waals surface area contributed by atoms with Crippen molar-refractivity contribution in [3.8, 4) is 0 Å². The first kappa shape index (κ1) is 26.3. The average molecular weight is 561 g/mol. The fourth-order valence-corrected chi connectivity index (χ4v) is 8.57. The molecule has 0 saturated heterocycles. The van der Waals surface area contributed by atoms with Crippen molar-refractivity contribution in [1.29, 1.82) is 0 Å². The molecule has 0 radical (unpaired) electrons. The first-order valence-electron chi connectivity index (χ1n) is 16.0. The Labute approximate surface area is 255 Å². The van der Waals surface area contributed by atoms with Crippen molar-refractivity contribution in [2.24, 2.45) is 5.92 Å². The lowest BCUT2D eigenvalue weighted by Gasteiger charge is -2.36. The molecule has 8 rings (SSSR count). The molecular formula is C41H40N2. The maximum absolute atomic E-state index is 2.58. The zero-order valence-electron chi connectivity index (χ0n) is 25.4. The first-order valence-corrected chi connectivity index (χ1v) is 16.0. The minimum atomic E-state index is -0.00394. The third-order valence-corrected chi connectivity index (χ3v) is 10.6. The van der Waals surface area contributed by atoms with Gasteiger partial charge in [0.15, 0.2) is 0 Å². The van der Waals surface area contributed by atoms with E-state index in [0.717, 1.165) is 19.3 Å². The van der Waals surface area contributed by atoms with E-state index in [1.165, 1.54) is 44.3 Å². The summed E-state index contributed by atoms with van der Waals surface area (Å²) in [5, 5.41) is 2.66. The molecule has 214 valence electrons. The summed E-state index contributed by atoms with van der Waals surface area (Å²) in [6.45, 7) is 7.27. The predicted molar refractivity (Wildman–Crippen MR) is 183 cm³/mol. The molecule has 43 heavy (non-hydrogen) atoms. The molecule has 4 unspecified atom stereocenters. The zero-order valence-corrected chi connectivity index (χ0v) is 25.4. The summed E-state index contributed by atoms with van der Waals surface area (Å²) in [5.41, 5.74) is 8.17. The largest absolute Gasteiger partial charge is 0.334 e. The second kappa shape index (κ2) is 9.88. The second-order valence-corrected chi connectivity index (χ2v) is 13.5. The van der Waals surface area contributed by atoms with Gasteiger partial charge in [-0.2, -0.15) is 0 Å². The van der Waals surface area contributed by atoms with Crippen molar-refractivity contribution in [2.75, 3.05) is 4.90 Å². The highest BCUT2D eigenvalue weighted by molar-refractivity contribution is 6.09. The van der Waals surface area contributed by atoms with E-state index in [-0.39, 0.29) is 16.9 Å². The third kappa shape index (κ3) is 3.99. The van der Waals surface area contributed by atoms with Gasteiger partial charge in [0, 0.05) is 38.6 Å². The molecule has 3 aromatic carbocycles. The van der Waals surface area contributed by atoms with Crippen LogP contribution in [0.1, 0.15) is 57.2 Å². The van der Waals surface area contributed by atoms with Gasteiger partial charge in [0.1, 0.15) is 0 Å². The van der Waals surface area contributed by atoms with E-state index in [1.54, 1.807) is 0 Å². The second-order valence-electron chi connectivity index (χ2n) is 13.5. The van der Waals surface area contributed by atoms with Crippen LogP contribution in [0.15, 0.2) is 134 Å². The van der Waals surface area contributed by atoms with Crippen molar-refractivity contribution >= 4 is 33.2 Å². The predicted octanol–water partition coefficient (Wildman–Crippen LogP) is 10.6. The van der Waals surface area contributed by atoms with Crippen LogP contribution >= 0.6 is 0 Å². The molecule has 0 aliphatic heterocycles. The topological polar surface area (TPSA) is 8.17 Å². The van der Waals surface area contributed by atoms with E-state index in [1.807, 2.05) is 0 Å². The van der Waals surface area contributed by atoms with Crippen LogP contribution in [0.2, 0.25) is 0 Å². The lowest BCUT2D eigenvalue weighted by molar-refractivity contribution is 0.324. The Bertz CT molecular complexity index is 1920. The summed E-state index contributed by atoms with van der Waals surface area (Å²) in [7, 11) is 0. The van der Waals surface area contributed by atoms with E-state index < -0.39 is 0 Å². The summed E-state index contributed by atoms with van der Waals surface area (Å²) in [6.07, 6.45) is 30.6. The summed E-state index contributed by atoms with van der Waals surface area (Å²) in [5.74, 6) is 0.455. The van der Waals surface area contributed by atoms with Gasteiger partial charge in [-0.15, -0.1) is 0 Å². The van der Waals surface area contributed by atoms with Crippen molar-refractivity contribution in [3.05, 3.63) is 145 Å². The van der Waals surface area contributed by atoms with Gasteiger partial charge in [-0.1, -0.05) is 118 Å². The van der Waals surface area contributed by atoms with E-state index >= 15 is 0 Å². The number of rotatable bonds is 4. The molecule has 4 aliphatic rings. The molecule has 0 N–H and O–H groups in total. The Morgan fingerprint density at radius 3 is 2.35 bits per heavy atom. The smallest absolute Gasteiger partial charge is 0.0559 e. The number of fused-ring (bicyclic) bond motifs is 6. The molecule has 4 atom stereocenters. The third-order valence-electron chi connectivity index (χ3n) is 10.6. The van der Waals surface area contributed by atoms with E-state index in [0.29, 0.717) is 12.0 Å². The maximum atomic E-state index is 2.58. The molecule has 0 saturated carbocycles. The summed E-state index contributed by atoms with van der Waals surface area (Å²) in [6, 6.07) is 24.0. The fraction of sp³-hybridized carbons (Fsp3) is 0.268. The van der Waals surface area contributed by atoms with Gasteiger partial charge >= 0.3 is 0 Å². The number of benzene rings is 3. The van der Waals surface area contributed by atoms with Gasteiger partial charge in [0.25, 0.3) is 0 Å². The highest BCUT2D eigenvalue weighted by atomic mass is 15.2. The van der Waals surface area contributed by atoms with Gasteiger partial charge < -0.3 is 9.47 Å². The number of hydrogen-bond donors (Lipinski definition) is 0. The molecule has 1 heterocycles. The number of aromatic nitrogens is 1.